The second-order valence-corrected chi connectivity index (χ2v) is 7.30. The molecule has 1 rings (SSSR count). The van der Waals surface area contributed by atoms with Gasteiger partial charge in [-0.2, -0.15) is 0 Å². The normalized spacial score (nSPS) is 11.5. The molecule has 80 valence electrons. The minimum Gasteiger partial charge on any atom is -0.0985 e. The highest BCUT2D eigenvalue weighted by molar-refractivity contribution is 6.58. The van der Waals surface area contributed by atoms with E-state index in [-0.39, 0.29) is 0 Å². The molecule has 0 bridgehead atoms. The summed E-state index contributed by atoms with van der Waals surface area (Å²) < 4.78 is 0. The zero-order valence-electron chi connectivity index (χ0n) is 10.4. The molecule has 2 radical (unpaired) electrons. The number of rotatable bonds is 2. The van der Waals surface area contributed by atoms with Gasteiger partial charge in [0.15, 0.2) is 0 Å². The van der Waals surface area contributed by atoms with E-state index in [0.29, 0.717) is 5.04 Å². The largest absolute Gasteiger partial charge is 0.0985 e. The molecule has 0 unspecified atom stereocenters. The highest BCUT2D eigenvalue weighted by Crippen LogP contribution is 2.22. The minimum absolute atomic E-state index is 0.357. The van der Waals surface area contributed by atoms with Gasteiger partial charge in [0.05, 0.1) is 9.52 Å². The molecule has 0 atom stereocenters. The molecule has 1 aromatic rings. The Balaban J connectivity index is 3.24. The third kappa shape index (κ3) is 3.06. The molecule has 15 heavy (non-hydrogen) atoms. The van der Waals surface area contributed by atoms with Gasteiger partial charge in [-0.3, -0.25) is 0 Å². The van der Waals surface area contributed by atoms with Crippen molar-refractivity contribution < 1.29 is 0 Å². The summed E-state index contributed by atoms with van der Waals surface area (Å²) >= 11 is 0. The molecule has 0 fully saturated rings. The third-order valence-electron chi connectivity index (χ3n) is 2.49. The van der Waals surface area contributed by atoms with E-state index in [4.69, 9.17) is 0 Å². The summed E-state index contributed by atoms with van der Waals surface area (Å²) in [6, 6.07) is 4.37. The topological polar surface area (TPSA) is 0 Å². The summed E-state index contributed by atoms with van der Waals surface area (Å²) in [6.45, 7) is 15.2. The van der Waals surface area contributed by atoms with Crippen molar-refractivity contribution in [3.63, 3.8) is 0 Å². The zero-order chi connectivity index (χ0) is 11.6. The molecule has 0 heterocycles. The summed E-state index contributed by atoms with van der Waals surface area (Å²) in [6.07, 6.45) is 1.97. The Bertz CT molecular complexity index is 370. The molecule has 0 N–H and O–H groups in total. The van der Waals surface area contributed by atoms with Gasteiger partial charge in [0.25, 0.3) is 0 Å². The molecule has 0 aromatic heterocycles. The molecule has 0 aliphatic heterocycles. The van der Waals surface area contributed by atoms with Crippen LogP contribution in [0.4, 0.5) is 0 Å². The molecule has 0 amide bonds. The van der Waals surface area contributed by atoms with Crippen LogP contribution in [-0.4, -0.2) is 9.52 Å². The van der Waals surface area contributed by atoms with Crippen LogP contribution in [0.25, 0.3) is 6.08 Å². The lowest BCUT2D eigenvalue weighted by Crippen LogP contribution is -2.28. The Morgan fingerprint density at radius 3 is 2.27 bits per heavy atom. The molecule has 0 spiro atoms. The molecule has 0 aliphatic rings. The molecule has 0 nitrogen and oxygen atoms in total. The Kier molecular flexibility index (Phi) is 3.56. The average Bonchev–Trinajstić information content (AvgIpc) is 2.11. The van der Waals surface area contributed by atoms with E-state index in [9.17, 15) is 0 Å². The van der Waals surface area contributed by atoms with Crippen LogP contribution in [0.15, 0.2) is 18.7 Å². The molecule has 0 saturated carbocycles. The first-order chi connectivity index (χ1) is 6.85. The number of aryl methyl sites for hydroxylation is 1. The average molecular weight is 216 g/mol. The van der Waals surface area contributed by atoms with Crippen LogP contribution in [0.1, 0.15) is 37.5 Å². The fourth-order valence-corrected chi connectivity index (χ4v) is 3.01. The Labute approximate surface area is 96.2 Å². The number of hydrogen-bond donors (Lipinski definition) is 0. The summed E-state index contributed by atoms with van der Waals surface area (Å²) in [5.41, 5.74) is 4.11. The zero-order valence-corrected chi connectivity index (χ0v) is 11.4. The van der Waals surface area contributed by atoms with Gasteiger partial charge in [-0.15, -0.1) is 0 Å². The van der Waals surface area contributed by atoms with Gasteiger partial charge in [0.1, 0.15) is 0 Å². The fourth-order valence-electron chi connectivity index (χ4n) is 1.55. The monoisotopic (exact) mass is 216 g/mol. The van der Waals surface area contributed by atoms with Gasteiger partial charge in [-0.05, 0) is 35.6 Å². The van der Waals surface area contributed by atoms with Crippen molar-refractivity contribution in [3.8, 4) is 0 Å². The lowest BCUT2D eigenvalue weighted by Gasteiger charge is -2.21. The van der Waals surface area contributed by atoms with E-state index in [1.54, 1.807) is 0 Å². The van der Waals surface area contributed by atoms with E-state index >= 15 is 0 Å². The van der Waals surface area contributed by atoms with Crippen LogP contribution in [0.3, 0.4) is 0 Å². The van der Waals surface area contributed by atoms with E-state index in [1.165, 1.54) is 21.9 Å². The van der Waals surface area contributed by atoms with Gasteiger partial charge in [-0.25, -0.2) is 0 Å². The van der Waals surface area contributed by atoms with Crippen molar-refractivity contribution in [2.24, 2.45) is 0 Å². The highest BCUT2D eigenvalue weighted by Gasteiger charge is 2.17. The van der Waals surface area contributed by atoms with E-state index in [2.05, 4.69) is 53.3 Å². The van der Waals surface area contributed by atoms with Crippen LogP contribution >= 0.6 is 0 Å². The van der Waals surface area contributed by atoms with E-state index in [0.717, 1.165) is 9.52 Å². The van der Waals surface area contributed by atoms with Crippen LogP contribution < -0.4 is 5.19 Å². The molecular weight excluding hydrogens is 196 g/mol. The molecule has 0 aliphatic carbocycles. The van der Waals surface area contributed by atoms with Crippen molar-refractivity contribution in [3.05, 3.63) is 35.4 Å². The summed E-state index contributed by atoms with van der Waals surface area (Å²) in [5, 5.41) is 1.84. The van der Waals surface area contributed by atoms with Crippen LogP contribution in [0.2, 0.25) is 5.04 Å². The predicted octanol–water partition coefficient (Wildman–Crippen LogP) is 3.49. The van der Waals surface area contributed by atoms with Crippen molar-refractivity contribution in [2.45, 2.75) is 39.7 Å². The molecule has 1 aromatic carbocycles. The summed E-state index contributed by atoms with van der Waals surface area (Å²) in [4.78, 5) is 0. The van der Waals surface area contributed by atoms with Crippen molar-refractivity contribution in [2.75, 3.05) is 0 Å². The SMILES string of the molecule is C=Cc1ccc(C)c(C)c1[Si]C(C)(C)C. The standard InChI is InChI=1S/C14H20Si/c1-7-12-9-8-10(2)11(3)13(12)15-14(4,5)6/h7-9H,1H2,2-6H3. The summed E-state index contributed by atoms with van der Waals surface area (Å²) in [5.74, 6) is 0. The Morgan fingerprint density at radius 2 is 1.80 bits per heavy atom. The van der Waals surface area contributed by atoms with Gasteiger partial charge in [0.2, 0.25) is 0 Å². The van der Waals surface area contributed by atoms with Gasteiger partial charge in [-0.1, -0.05) is 50.7 Å². The number of benzene rings is 1. The lowest BCUT2D eigenvalue weighted by atomic mass is 10.1. The minimum atomic E-state index is 0.357. The second kappa shape index (κ2) is 4.36. The van der Waals surface area contributed by atoms with Crippen LogP contribution in [-0.2, 0) is 0 Å². The Hall–Kier alpha value is -0.823. The highest BCUT2D eigenvalue weighted by atomic mass is 28.2. The van der Waals surface area contributed by atoms with E-state index < -0.39 is 0 Å². The molecule has 0 saturated heterocycles. The maximum Gasteiger partial charge on any atom is 0.0880 e. The van der Waals surface area contributed by atoms with Crippen molar-refractivity contribution in [1.29, 1.82) is 0 Å². The van der Waals surface area contributed by atoms with E-state index in [1.807, 2.05) is 6.08 Å². The fraction of sp³-hybridized carbons (Fsp3) is 0.429. The lowest BCUT2D eigenvalue weighted by molar-refractivity contribution is 0.759. The summed E-state index contributed by atoms with van der Waals surface area (Å²) in [7, 11) is 0.843. The molecular formula is C14H20Si. The van der Waals surface area contributed by atoms with Gasteiger partial charge >= 0.3 is 0 Å². The Morgan fingerprint density at radius 1 is 1.20 bits per heavy atom. The first kappa shape index (κ1) is 12.2. The van der Waals surface area contributed by atoms with Gasteiger partial charge < -0.3 is 0 Å². The van der Waals surface area contributed by atoms with Crippen LogP contribution in [0.5, 0.6) is 0 Å². The molecule has 1 heteroatoms. The second-order valence-electron chi connectivity index (χ2n) is 5.05. The maximum absolute atomic E-state index is 3.90. The number of hydrogen-bond acceptors (Lipinski definition) is 0. The third-order valence-corrected chi connectivity index (χ3v) is 4.15. The maximum atomic E-state index is 3.90. The van der Waals surface area contributed by atoms with Crippen molar-refractivity contribution in [1.82, 2.24) is 0 Å². The quantitative estimate of drug-likeness (QED) is 0.664. The first-order valence-electron chi connectivity index (χ1n) is 5.36. The smallest absolute Gasteiger partial charge is 0.0880 e. The predicted molar refractivity (Wildman–Crippen MR) is 71.1 cm³/mol. The van der Waals surface area contributed by atoms with Crippen molar-refractivity contribution >= 4 is 20.8 Å². The van der Waals surface area contributed by atoms with Gasteiger partial charge in [0, 0.05) is 0 Å². The first-order valence-corrected chi connectivity index (χ1v) is 6.36. The van der Waals surface area contributed by atoms with Crippen LogP contribution in [0, 0.1) is 13.8 Å².